The fourth-order valence-electron chi connectivity index (χ4n) is 15.2. The molecule has 0 spiro atoms. The second-order valence-electron chi connectivity index (χ2n) is 37.5. The Labute approximate surface area is 881 Å². The molecule has 0 saturated carbocycles. The average Bonchev–Trinajstić information content (AvgIpc) is 1.68. The third kappa shape index (κ3) is 63.9. The summed E-state index contributed by atoms with van der Waals surface area (Å²) in [4.78, 5) is 72.7. The number of anilines is 3. The van der Waals surface area contributed by atoms with Crippen LogP contribution >= 0.6 is 22.8 Å². The topological polar surface area (TPSA) is 450 Å². The number of carbonyl (C=O) groups excluding carboxylic acids is 3. The number of ether oxygens (including phenoxy) is 9. The van der Waals surface area contributed by atoms with E-state index in [0.717, 1.165) is 53.8 Å². The number of hydrogen-bond donors (Lipinski definition) is 3. The van der Waals surface area contributed by atoms with Gasteiger partial charge in [-0.05, 0) is 118 Å². The number of nitrogen functional groups attached to an aromatic ring is 3. The molecule has 0 amide bonds. The van der Waals surface area contributed by atoms with Crippen LogP contribution in [-0.2, 0) is 165 Å². The molecule has 0 fully saturated rings. The summed E-state index contributed by atoms with van der Waals surface area (Å²) in [7, 11) is -11.8. The highest BCUT2D eigenvalue weighted by Crippen LogP contribution is 2.51. The number of carbonyl (C=O) groups is 3. The normalized spacial score (nSPS) is 14.3. The van der Waals surface area contributed by atoms with Crippen LogP contribution in [0.25, 0.3) is 33.5 Å². The van der Waals surface area contributed by atoms with Gasteiger partial charge in [0.05, 0.1) is 95.1 Å². The van der Waals surface area contributed by atoms with Gasteiger partial charge >= 0.3 is 41.3 Å². The monoisotopic (exact) mass is 2200 g/mol. The van der Waals surface area contributed by atoms with Gasteiger partial charge in [0.15, 0.2) is 34.4 Å². The highest BCUT2D eigenvalue weighted by molar-refractivity contribution is 8.29. The molecule has 0 saturated heterocycles. The zero-order valence-corrected chi connectivity index (χ0v) is 96.5. The Hall–Kier alpha value is -5.10. The predicted molar refractivity (Wildman–Crippen MR) is 590 cm³/mol. The maximum absolute atomic E-state index is 13.6. The number of rotatable bonds is 87. The SMILES string of the molecule is CCCCCCCCCCCCCCCCS(=S)CCCOP(=O)(CO[C@H](C)Cn1cnc2c(N)ncnc21)OCOC(=O)OC(C)C.CCCCCCCCCCCCCCCCS(=S)CCCO[P@@](=O)(CO[C@H](C)Cn1cnc2c(N)ncnc21)OCOC(=O)OC(C)C.CCCCCCCCCCCCCCCCS(=S)CCCO[P@](=O)(CO[C@H](C)Cn1cnc2c(N)ncnc21)OCOC(=O)OC(C)C. The molecular formula is C99H180N15O21P3S6. The van der Waals surface area contributed by atoms with Crippen LogP contribution in [0.2, 0.25) is 0 Å². The van der Waals surface area contributed by atoms with Crippen molar-refractivity contribution >= 4 is 154 Å². The molecule has 6 N–H and O–H groups in total. The second-order valence-corrected chi connectivity index (χ2v) is 52.8. The van der Waals surface area contributed by atoms with Crippen LogP contribution in [0.3, 0.4) is 0 Å². The van der Waals surface area contributed by atoms with E-state index in [-0.39, 0.29) is 103 Å². The summed E-state index contributed by atoms with van der Waals surface area (Å²) < 4.78 is 127. The smallest absolute Gasteiger partial charge is 0.432 e. The molecule has 828 valence electrons. The first-order chi connectivity index (χ1) is 69.4. The van der Waals surface area contributed by atoms with E-state index in [0.29, 0.717) is 72.4 Å². The van der Waals surface area contributed by atoms with Gasteiger partial charge in [0.1, 0.15) is 54.6 Å². The third-order valence-electron chi connectivity index (χ3n) is 23.1. The molecule has 4 unspecified atom stereocenters. The van der Waals surface area contributed by atoms with Gasteiger partial charge in [-0.1, -0.05) is 305 Å². The van der Waals surface area contributed by atoms with E-state index in [9.17, 15) is 28.1 Å². The Morgan fingerprint density at radius 1 is 0.299 bits per heavy atom. The number of imidazole rings is 3. The van der Waals surface area contributed by atoms with Gasteiger partial charge in [-0.15, -0.1) is 28.4 Å². The van der Waals surface area contributed by atoms with Crippen molar-refractivity contribution in [2.45, 2.75) is 428 Å². The maximum atomic E-state index is 13.6. The summed E-state index contributed by atoms with van der Waals surface area (Å²) in [5.74, 6) is 6.35. The van der Waals surface area contributed by atoms with Crippen LogP contribution < -0.4 is 17.2 Å². The zero-order valence-electron chi connectivity index (χ0n) is 88.9. The molecule has 6 aromatic rings. The number of nitrogens with zero attached hydrogens (tertiary/aromatic N) is 12. The third-order valence-corrected chi connectivity index (χ3v) is 35.1. The van der Waals surface area contributed by atoms with Crippen molar-refractivity contribution in [3.05, 3.63) is 38.0 Å². The van der Waals surface area contributed by atoms with Gasteiger partial charge in [-0.3, -0.25) is 27.3 Å². The minimum Gasteiger partial charge on any atom is -0.432 e. The van der Waals surface area contributed by atoms with Crippen LogP contribution in [0.5, 0.6) is 0 Å². The van der Waals surface area contributed by atoms with Crippen molar-refractivity contribution in [3.63, 3.8) is 0 Å². The number of hydrogen-bond acceptors (Lipinski definition) is 36. The Balaban J connectivity index is 0.000000450. The first-order valence-electron chi connectivity index (χ1n) is 53.2. The first kappa shape index (κ1) is 131. The van der Waals surface area contributed by atoms with Crippen molar-refractivity contribution in [1.29, 1.82) is 0 Å². The zero-order chi connectivity index (χ0) is 105. The fourth-order valence-corrected chi connectivity index (χ4v) is 24.6. The molecule has 6 heterocycles. The van der Waals surface area contributed by atoms with Crippen molar-refractivity contribution < 1.29 is 97.9 Å². The molecule has 45 heteroatoms. The molecule has 0 aromatic carbocycles. The summed E-state index contributed by atoms with van der Waals surface area (Å²) in [6, 6.07) is 0. The molecule has 0 radical (unpaired) electrons. The van der Waals surface area contributed by atoms with Crippen LogP contribution in [0, 0.1) is 0 Å². The Morgan fingerprint density at radius 2 is 0.500 bits per heavy atom. The Bertz CT molecular complexity index is 4150. The molecule has 6 rings (SSSR count). The van der Waals surface area contributed by atoms with E-state index in [4.69, 9.17) is 121 Å². The number of aromatic nitrogens is 12. The predicted octanol–water partition coefficient (Wildman–Crippen LogP) is 25.4. The summed E-state index contributed by atoms with van der Waals surface area (Å²) in [6.45, 7) is 22.3. The molecule has 0 bridgehead atoms. The minimum absolute atomic E-state index is 0.147. The van der Waals surface area contributed by atoms with Crippen LogP contribution in [0.1, 0.15) is 372 Å². The van der Waals surface area contributed by atoms with Crippen LogP contribution in [-0.4, -0.2) is 207 Å². The quantitative estimate of drug-likeness (QED) is 0.0105. The van der Waals surface area contributed by atoms with E-state index in [1.165, 1.54) is 269 Å². The van der Waals surface area contributed by atoms with Gasteiger partial charge in [-0.25, -0.2) is 59.2 Å². The molecular weight excluding hydrogens is 2020 g/mol. The molecule has 144 heavy (non-hydrogen) atoms. The molecule has 9 atom stereocenters. The lowest BCUT2D eigenvalue weighted by molar-refractivity contribution is -0.0193. The lowest BCUT2D eigenvalue weighted by Crippen LogP contribution is -2.19. The van der Waals surface area contributed by atoms with Gasteiger partial charge in [0.2, 0.25) is 20.4 Å². The van der Waals surface area contributed by atoms with Gasteiger partial charge in [-0.2, -0.15) is 0 Å². The van der Waals surface area contributed by atoms with Crippen molar-refractivity contribution in [3.8, 4) is 0 Å². The maximum Gasteiger partial charge on any atom is 0.510 e. The van der Waals surface area contributed by atoms with E-state index in [2.05, 4.69) is 65.6 Å². The summed E-state index contributed by atoms with van der Waals surface area (Å²) in [6.07, 6.45) is 61.0. The Morgan fingerprint density at radius 3 is 0.708 bits per heavy atom. The van der Waals surface area contributed by atoms with Gasteiger partial charge in [0.25, 0.3) is 0 Å². The minimum atomic E-state index is -3.78. The van der Waals surface area contributed by atoms with Crippen molar-refractivity contribution in [2.75, 3.05) is 111 Å². The number of fused-ring (bicyclic) bond motifs is 3. The second kappa shape index (κ2) is 81.7. The van der Waals surface area contributed by atoms with Gasteiger partial charge in [0, 0.05) is 17.3 Å². The largest absolute Gasteiger partial charge is 0.510 e. The Kier molecular flexibility index (Phi) is 74.4. The molecule has 6 aromatic heterocycles. The lowest BCUT2D eigenvalue weighted by Gasteiger charge is -2.21. The van der Waals surface area contributed by atoms with Crippen molar-refractivity contribution in [1.82, 2.24) is 58.6 Å². The highest BCUT2D eigenvalue weighted by atomic mass is 32.8. The molecule has 0 aliphatic carbocycles. The highest BCUT2D eigenvalue weighted by Gasteiger charge is 2.32. The summed E-state index contributed by atoms with van der Waals surface area (Å²) in [5, 5.41) is 0. The van der Waals surface area contributed by atoms with E-state index < -0.39 is 79.9 Å². The standard InChI is InChI=1S/3C33H60N5O7PS2/c3*1-5-6-7-8-9-10-11-12-13-14-15-16-17-18-21-48(47)22-19-20-43-46(40,44-26-41-33(39)45-28(2)3)27-42-29(4)23-38-25-37-30-31(34)35-24-36-32(30)38/h3*24-25,28-29H,5-23,26-27H2,1-4H3,(H2,34,35,36)/t29-,46?,48?;29-,46+,48?;29-,46-,48?/m111/s1. The molecule has 0 aliphatic heterocycles. The summed E-state index contributed by atoms with van der Waals surface area (Å²) >= 11 is 17.1. The van der Waals surface area contributed by atoms with E-state index in [1.807, 2.05) is 20.8 Å². The fraction of sp³-hybridized carbons (Fsp3) is 0.818. The van der Waals surface area contributed by atoms with Crippen molar-refractivity contribution in [2.24, 2.45) is 0 Å². The van der Waals surface area contributed by atoms with Crippen LogP contribution in [0.15, 0.2) is 38.0 Å². The number of nitrogens with two attached hydrogens (primary N) is 3. The lowest BCUT2D eigenvalue weighted by atomic mass is 10.0. The summed E-state index contributed by atoms with van der Waals surface area (Å²) in [5.41, 5.74) is 20.8. The van der Waals surface area contributed by atoms with Gasteiger partial charge < -0.3 is 87.1 Å². The average molecular weight is 2200 g/mol. The first-order valence-corrected chi connectivity index (χ1v) is 65.8. The molecule has 36 nitrogen and oxygen atoms in total. The van der Waals surface area contributed by atoms with E-state index >= 15 is 0 Å². The number of unbranched alkanes of at least 4 members (excludes halogenated alkanes) is 39. The molecule has 0 aliphatic rings. The van der Waals surface area contributed by atoms with Crippen LogP contribution in [0.4, 0.5) is 31.8 Å². The van der Waals surface area contributed by atoms with E-state index in [1.54, 1.807) is 74.2 Å².